The summed E-state index contributed by atoms with van der Waals surface area (Å²) in [6, 6.07) is 4.28. The van der Waals surface area contributed by atoms with Gasteiger partial charge in [-0.05, 0) is 66.7 Å². The average Bonchev–Trinajstić information content (AvgIpc) is 3.26. The van der Waals surface area contributed by atoms with Crippen LogP contribution < -0.4 is 5.32 Å². The molecule has 1 aromatic carbocycles. The van der Waals surface area contributed by atoms with Gasteiger partial charge in [0, 0.05) is 25.2 Å². The fourth-order valence-electron chi connectivity index (χ4n) is 5.74. The van der Waals surface area contributed by atoms with Crippen molar-refractivity contribution in [3.05, 3.63) is 29.6 Å². The lowest BCUT2D eigenvalue weighted by atomic mass is 9.82. The van der Waals surface area contributed by atoms with Gasteiger partial charge in [-0.2, -0.15) is 0 Å². The number of fused-ring (bicyclic) bond motifs is 6. The van der Waals surface area contributed by atoms with Gasteiger partial charge in [0.05, 0.1) is 5.92 Å². The standard InChI is InChI=1S/C19H21FN2O2/c20-12-3-4-17-13(6-12)14(7-18(23)21-17)19(24)22-8-15-10-1-2-11(5-10)16(15)9-22/h3-4,6,10-11,14-16H,1-2,5,7-9H2,(H,21,23)/t10-,11+,14-,15-,16+/m1/s1. The van der Waals surface area contributed by atoms with Crippen molar-refractivity contribution >= 4 is 17.5 Å². The lowest BCUT2D eigenvalue weighted by Crippen LogP contribution is -2.38. The number of nitrogens with zero attached hydrogens (tertiary/aromatic N) is 1. The van der Waals surface area contributed by atoms with Crippen LogP contribution in [0.4, 0.5) is 10.1 Å². The van der Waals surface area contributed by atoms with Crippen molar-refractivity contribution in [3.8, 4) is 0 Å². The smallest absolute Gasteiger partial charge is 0.230 e. The molecule has 2 aliphatic carbocycles. The summed E-state index contributed by atoms with van der Waals surface area (Å²) in [7, 11) is 0. The van der Waals surface area contributed by atoms with Gasteiger partial charge < -0.3 is 10.2 Å². The summed E-state index contributed by atoms with van der Waals surface area (Å²) in [6.45, 7) is 1.65. The number of halogens is 1. The molecule has 2 bridgehead atoms. The maximum Gasteiger partial charge on any atom is 0.230 e. The maximum atomic E-state index is 13.7. The third-order valence-electron chi connectivity index (χ3n) is 6.80. The minimum absolute atomic E-state index is 0.00509. The Morgan fingerprint density at radius 3 is 2.58 bits per heavy atom. The number of carbonyl (C=O) groups excluding carboxylic acids is 2. The second-order valence-corrected chi connectivity index (χ2v) is 7.94. The number of nitrogens with one attached hydrogen (secondary N) is 1. The second kappa shape index (κ2) is 5.04. The summed E-state index contributed by atoms with van der Waals surface area (Å²) >= 11 is 0. The summed E-state index contributed by atoms with van der Waals surface area (Å²) in [6.07, 6.45) is 4.09. The molecule has 2 amide bonds. The summed E-state index contributed by atoms with van der Waals surface area (Å²) in [4.78, 5) is 27.0. The molecule has 2 aliphatic heterocycles. The maximum absolute atomic E-state index is 13.7. The highest BCUT2D eigenvalue weighted by molar-refractivity contribution is 6.01. The Balaban J connectivity index is 1.42. The van der Waals surface area contributed by atoms with E-state index in [-0.39, 0.29) is 24.1 Å². The van der Waals surface area contributed by atoms with Crippen molar-refractivity contribution in [2.24, 2.45) is 23.7 Å². The Kier molecular flexibility index (Phi) is 3.03. The Labute approximate surface area is 140 Å². The Morgan fingerprint density at radius 1 is 1.17 bits per heavy atom. The summed E-state index contributed by atoms with van der Waals surface area (Å²) in [5.41, 5.74) is 1.20. The van der Waals surface area contributed by atoms with Crippen molar-refractivity contribution in [1.82, 2.24) is 4.90 Å². The SMILES string of the molecule is O=C1C[C@@H](C(=O)N2C[C@@H]3[C@@H]4CC[C@@H](C4)[C@@H]3C2)c2cc(F)ccc2N1. The first kappa shape index (κ1) is 14.4. The molecular weight excluding hydrogens is 307 g/mol. The van der Waals surface area contributed by atoms with Crippen molar-refractivity contribution in [2.45, 2.75) is 31.6 Å². The van der Waals surface area contributed by atoms with E-state index in [1.54, 1.807) is 6.07 Å². The molecule has 1 N–H and O–H groups in total. The molecule has 5 rings (SSSR count). The van der Waals surface area contributed by atoms with Crippen LogP contribution in [0, 0.1) is 29.5 Å². The molecule has 4 nitrogen and oxygen atoms in total. The number of likely N-dealkylation sites (tertiary alicyclic amines) is 1. The van der Waals surface area contributed by atoms with E-state index in [1.807, 2.05) is 4.90 Å². The first-order valence-corrected chi connectivity index (χ1v) is 8.98. The summed E-state index contributed by atoms with van der Waals surface area (Å²) in [5, 5.41) is 2.75. The number of anilines is 1. The Morgan fingerprint density at radius 2 is 1.88 bits per heavy atom. The molecule has 5 atom stereocenters. The summed E-state index contributed by atoms with van der Waals surface area (Å²) < 4.78 is 13.7. The number of hydrogen-bond acceptors (Lipinski definition) is 2. The quantitative estimate of drug-likeness (QED) is 0.862. The van der Waals surface area contributed by atoms with E-state index in [0.717, 1.165) is 24.9 Å². The number of hydrogen-bond donors (Lipinski definition) is 1. The highest BCUT2D eigenvalue weighted by atomic mass is 19.1. The van der Waals surface area contributed by atoms with E-state index >= 15 is 0 Å². The van der Waals surface area contributed by atoms with Crippen LogP contribution in [0.2, 0.25) is 0 Å². The average molecular weight is 328 g/mol. The van der Waals surface area contributed by atoms with Gasteiger partial charge in [-0.3, -0.25) is 9.59 Å². The lowest BCUT2D eigenvalue weighted by molar-refractivity contribution is -0.134. The largest absolute Gasteiger partial charge is 0.342 e. The van der Waals surface area contributed by atoms with Gasteiger partial charge in [-0.1, -0.05) is 0 Å². The molecule has 5 heteroatoms. The minimum atomic E-state index is -0.541. The van der Waals surface area contributed by atoms with Gasteiger partial charge in [0.25, 0.3) is 0 Å². The first-order valence-electron chi connectivity index (χ1n) is 8.98. The Hall–Kier alpha value is -1.91. The third-order valence-corrected chi connectivity index (χ3v) is 6.80. The minimum Gasteiger partial charge on any atom is -0.342 e. The van der Waals surface area contributed by atoms with E-state index in [2.05, 4.69) is 5.32 Å². The van der Waals surface area contributed by atoms with Gasteiger partial charge in [0.1, 0.15) is 5.82 Å². The zero-order valence-corrected chi connectivity index (χ0v) is 13.5. The van der Waals surface area contributed by atoms with Crippen molar-refractivity contribution in [2.75, 3.05) is 18.4 Å². The number of carbonyl (C=O) groups is 2. The number of rotatable bonds is 1. The predicted molar refractivity (Wildman–Crippen MR) is 86.8 cm³/mol. The van der Waals surface area contributed by atoms with Crippen LogP contribution in [0.1, 0.15) is 37.2 Å². The number of amides is 2. The van der Waals surface area contributed by atoms with Gasteiger partial charge in [-0.25, -0.2) is 4.39 Å². The van der Waals surface area contributed by atoms with E-state index in [9.17, 15) is 14.0 Å². The molecule has 3 fully saturated rings. The Bertz CT molecular complexity index is 716. The van der Waals surface area contributed by atoms with Crippen LogP contribution >= 0.6 is 0 Å². The molecule has 126 valence electrons. The van der Waals surface area contributed by atoms with Gasteiger partial charge in [-0.15, -0.1) is 0 Å². The second-order valence-electron chi connectivity index (χ2n) is 7.94. The molecule has 1 saturated heterocycles. The van der Waals surface area contributed by atoms with Crippen molar-refractivity contribution in [3.63, 3.8) is 0 Å². The van der Waals surface area contributed by atoms with Crippen LogP contribution in [0.5, 0.6) is 0 Å². The first-order chi connectivity index (χ1) is 11.6. The zero-order chi connectivity index (χ0) is 16.4. The van der Waals surface area contributed by atoms with Crippen molar-refractivity contribution < 1.29 is 14.0 Å². The zero-order valence-electron chi connectivity index (χ0n) is 13.5. The van der Waals surface area contributed by atoms with E-state index in [4.69, 9.17) is 0 Å². The van der Waals surface area contributed by atoms with Crippen LogP contribution in [0.25, 0.3) is 0 Å². The third kappa shape index (κ3) is 2.03. The highest BCUT2D eigenvalue weighted by Gasteiger charge is 2.53. The molecule has 4 aliphatic rings. The molecular formula is C19H21FN2O2. The van der Waals surface area contributed by atoms with E-state index in [0.29, 0.717) is 23.1 Å². The van der Waals surface area contributed by atoms with E-state index < -0.39 is 5.92 Å². The highest BCUT2D eigenvalue weighted by Crippen LogP contribution is 2.55. The molecule has 0 spiro atoms. The summed E-state index contributed by atoms with van der Waals surface area (Å²) in [5.74, 6) is 1.82. The number of benzene rings is 1. The normalized spacial score (nSPS) is 36.5. The monoisotopic (exact) mass is 328 g/mol. The molecule has 0 unspecified atom stereocenters. The van der Waals surface area contributed by atoms with Crippen molar-refractivity contribution in [1.29, 1.82) is 0 Å². The molecule has 0 radical (unpaired) electrons. The topological polar surface area (TPSA) is 49.4 Å². The van der Waals surface area contributed by atoms with Crippen LogP contribution in [-0.2, 0) is 9.59 Å². The van der Waals surface area contributed by atoms with Crippen LogP contribution in [0.15, 0.2) is 18.2 Å². The van der Waals surface area contributed by atoms with Gasteiger partial charge in [0.2, 0.25) is 11.8 Å². The van der Waals surface area contributed by atoms with Gasteiger partial charge in [0.15, 0.2) is 0 Å². The lowest BCUT2D eigenvalue weighted by Gasteiger charge is -2.29. The van der Waals surface area contributed by atoms with Gasteiger partial charge >= 0.3 is 0 Å². The molecule has 2 heterocycles. The van der Waals surface area contributed by atoms with Crippen LogP contribution in [0.3, 0.4) is 0 Å². The predicted octanol–water partition coefficient (Wildman–Crippen LogP) is 2.76. The van der Waals surface area contributed by atoms with Crippen LogP contribution in [-0.4, -0.2) is 29.8 Å². The molecule has 2 saturated carbocycles. The fraction of sp³-hybridized carbons (Fsp3) is 0.579. The van der Waals surface area contributed by atoms with E-state index in [1.165, 1.54) is 31.4 Å². The fourth-order valence-corrected chi connectivity index (χ4v) is 5.74. The molecule has 24 heavy (non-hydrogen) atoms. The molecule has 1 aromatic rings. The molecule has 0 aromatic heterocycles.